The Morgan fingerprint density at radius 3 is 2.78 bits per heavy atom. The maximum absolute atomic E-state index is 12.7. The second-order valence-corrected chi connectivity index (χ2v) is 7.42. The molecule has 2 aromatic rings. The van der Waals surface area contributed by atoms with Crippen LogP contribution in [-0.4, -0.2) is 50.4 Å². The van der Waals surface area contributed by atoms with Crippen molar-refractivity contribution in [2.75, 3.05) is 31.6 Å². The standard InChI is InChI=1S/C22H29F2N5O2.HI/c1-15-4-5-19(31-21(23)24)18(10-15)13-28-22(25-3)27-12-17-6-7-26-20(11-17)29-8-9-30-16(2)14-29;/h4-7,10-11,16,21H,8-9,12-14H2,1-3H3,(H2,25,27,28);1H. The molecule has 1 aliphatic heterocycles. The van der Waals surface area contributed by atoms with Gasteiger partial charge in [0.15, 0.2) is 5.96 Å². The number of alkyl halides is 2. The molecule has 1 aromatic carbocycles. The normalized spacial score (nSPS) is 16.5. The van der Waals surface area contributed by atoms with Crippen molar-refractivity contribution in [3.63, 3.8) is 0 Å². The van der Waals surface area contributed by atoms with E-state index in [1.165, 1.54) is 0 Å². The van der Waals surface area contributed by atoms with Gasteiger partial charge in [0, 0.05) is 45.0 Å². The molecule has 1 fully saturated rings. The molecule has 0 spiro atoms. The van der Waals surface area contributed by atoms with Gasteiger partial charge in [-0.1, -0.05) is 17.7 Å². The molecule has 32 heavy (non-hydrogen) atoms. The number of morpholine rings is 1. The van der Waals surface area contributed by atoms with Crippen molar-refractivity contribution in [2.45, 2.75) is 39.7 Å². The Labute approximate surface area is 204 Å². The molecule has 1 unspecified atom stereocenters. The maximum atomic E-state index is 12.7. The third-order valence-electron chi connectivity index (χ3n) is 4.94. The summed E-state index contributed by atoms with van der Waals surface area (Å²) in [5, 5.41) is 6.40. The molecule has 0 bridgehead atoms. The van der Waals surface area contributed by atoms with Gasteiger partial charge in [0.2, 0.25) is 0 Å². The van der Waals surface area contributed by atoms with Gasteiger partial charge in [0.05, 0.1) is 12.7 Å². The zero-order valence-corrected chi connectivity index (χ0v) is 20.8. The molecule has 1 aliphatic rings. The third-order valence-corrected chi connectivity index (χ3v) is 4.94. The van der Waals surface area contributed by atoms with Crippen LogP contribution in [-0.2, 0) is 17.8 Å². The second-order valence-electron chi connectivity index (χ2n) is 7.42. The van der Waals surface area contributed by atoms with Gasteiger partial charge >= 0.3 is 6.61 Å². The van der Waals surface area contributed by atoms with Crippen LogP contribution >= 0.6 is 24.0 Å². The summed E-state index contributed by atoms with van der Waals surface area (Å²) in [5.74, 6) is 1.64. The molecule has 1 aromatic heterocycles. The van der Waals surface area contributed by atoms with Crippen molar-refractivity contribution in [1.82, 2.24) is 15.6 Å². The number of guanidine groups is 1. The maximum Gasteiger partial charge on any atom is 0.387 e. The number of aromatic nitrogens is 1. The van der Waals surface area contributed by atoms with Gasteiger partial charge in [-0.2, -0.15) is 8.78 Å². The number of benzene rings is 1. The van der Waals surface area contributed by atoms with E-state index in [-0.39, 0.29) is 35.8 Å². The zero-order valence-electron chi connectivity index (χ0n) is 18.5. The summed E-state index contributed by atoms with van der Waals surface area (Å²) in [4.78, 5) is 10.9. The quantitative estimate of drug-likeness (QED) is 0.306. The fraction of sp³-hybridized carbons (Fsp3) is 0.455. The number of rotatable bonds is 7. The van der Waals surface area contributed by atoms with Gasteiger partial charge in [-0.05, 0) is 37.6 Å². The Kier molecular flexibility index (Phi) is 10.4. The van der Waals surface area contributed by atoms with Crippen LogP contribution in [0.1, 0.15) is 23.6 Å². The number of nitrogens with zero attached hydrogens (tertiary/aromatic N) is 3. The minimum atomic E-state index is -2.87. The third kappa shape index (κ3) is 7.73. The molecular weight excluding hydrogens is 531 g/mol. The molecule has 0 amide bonds. The lowest BCUT2D eigenvalue weighted by atomic mass is 10.1. The number of ether oxygens (including phenoxy) is 2. The van der Waals surface area contributed by atoms with E-state index in [0.29, 0.717) is 31.2 Å². The highest BCUT2D eigenvalue weighted by Gasteiger charge is 2.18. The van der Waals surface area contributed by atoms with E-state index < -0.39 is 6.61 Å². The van der Waals surface area contributed by atoms with E-state index in [0.717, 1.165) is 30.0 Å². The number of aryl methyl sites for hydroxylation is 1. The zero-order chi connectivity index (χ0) is 22.2. The molecule has 0 radical (unpaired) electrons. The molecule has 3 rings (SSSR count). The number of aliphatic imine (C=N–C) groups is 1. The minimum Gasteiger partial charge on any atom is -0.434 e. The Morgan fingerprint density at radius 2 is 2.06 bits per heavy atom. The summed E-state index contributed by atoms with van der Waals surface area (Å²) < 4.78 is 35.6. The first-order valence-corrected chi connectivity index (χ1v) is 10.2. The van der Waals surface area contributed by atoms with Crippen LogP contribution < -0.4 is 20.3 Å². The van der Waals surface area contributed by atoms with Crippen LogP contribution in [0.2, 0.25) is 0 Å². The Morgan fingerprint density at radius 1 is 1.28 bits per heavy atom. The first kappa shape index (κ1) is 26.0. The summed E-state index contributed by atoms with van der Waals surface area (Å²) in [6.07, 6.45) is 1.98. The van der Waals surface area contributed by atoms with Crippen LogP contribution in [0.4, 0.5) is 14.6 Å². The molecule has 1 saturated heterocycles. The van der Waals surface area contributed by atoms with Crippen molar-refractivity contribution in [3.05, 3.63) is 53.2 Å². The Balaban J connectivity index is 0.00000363. The fourth-order valence-electron chi connectivity index (χ4n) is 3.41. The topological polar surface area (TPSA) is 71.0 Å². The number of nitrogens with one attached hydrogen (secondary N) is 2. The van der Waals surface area contributed by atoms with Gasteiger partial charge in [-0.25, -0.2) is 4.98 Å². The fourth-order valence-corrected chi connectivity index (χ4v) is 3.41. The lowest BCUT2D eigenvalue weighted by Crippen LogP contribution is -2.41. The molecular formula is C22H30F2IN5O2. The summed E-state index contributed by atoms with van der Waals surface area (Å²) in [6.45, 7) is 4.26. The van der Waals surface area contributed by atoms with E-state index in [2.05, 4.69) is 37.2 Å². The first-order valence-electron chi connectivity index (χ1n) is 10.2. The summed E-state index contributed by atoms with van der Waals surface area (Å²) in [7, 11) is 1.66. The molecule has 2 N–H and O–H groups in total. The Hall–Kier alpha value is -2.21. The number of hydrogen-bond donors (Lipinski definition) is 2. The van der Waals surface area contributed by atoms with E-state index in [4.69, 9.17) is 4.74 Å². The summed E-state index contributed by atoms with van der Waals surface area (Å²) in [5.41, 5.74) is 2.66. The van der Waals surface area contributed by atoms with E-state index >= 15 is 0 Å². The largest absolute Gasteiger partial charge is 0.434 e. The van der Waals surface area contributed by atoms with E-state index in [9.17, 15) is 8.78 Å². The SMILES string of the molecule is CN=C(NCc1ccnc(N2CCOC(C)C2)c1)NCc1cc(C)ccc1OC(F)F.I. The highest BCUT2D eigenvalue weighted by atomic mass is 127. The van der Waals surface area contributed by atoms with Crippen molar-refractivity contribution in [1.29, 1.82) is 0 Å². The minimum absolute atomic E-state index is 0. The van der Waals surface area contributed by atoms with E-state index in [1.54, 1.807) is 25.4 Å². The lowest BCUT2D eigenvalue weighted by molar-refractivity contribution is -0.0504. The van der Waals surface area contributed by atoms with Crippen LogP contribution in [0.5, 0.6) is 5.75 Å². The van der Waals surface area contributed by atoms with Crippen molar-refractivity contribution < 1.29 is 18.3 Å². The highest BCUT2D eigenvalue weighted by molar-refractivity contribution is 14.0. The summed E-state index contributed by atoms with van der Waals surface area (Å²) in [6, 6.07) is 9.11. The lowest BCUT2D eigenvalue weighted by Gasteiger charge is -2.32. The van der Waals surface area contributed by atoms with Gasteiger partial charge in [0.25, 0.3) is 0 Å². The Bertz CT molecular complexity index is 900. The van der Waals surface area contributed by atoms with Crippen LogP contribution in [0, 0.1) is 6.92 Å². The highest BCUT2D eigenvalue weighted by Crippen LogP contribution is 2.22. The number of pyridine rings is 1. The average molecular weight is 561 g/mol. The number of hydrogen-bond acceptors (Lipinski definition) is 5. The van der Waals surface area contributed by atoms with Gasteiger partial charge in [-0.15, -0.1) is 24.0 Å². The van der Waals surface area contributed by atoms with Gasteiger partial charge in [0.1, 0.15) is 11.6 Å². The van der Waals surface area contributed by atoms with E-state index in [1.807, 2.05) is 25.1 Å². The number of anilines is 1. The van der Waals surface area contributed by atoms with Crippen LogP contribution in [0.25, 0.3) is 0 Å². The van der Waals surface area contributed by atoms with Crippen LogP contribution in [0.15, 0.2) is 41.5 Å². The molecule has 0 aliphatic carbocycles. The molecule has 10 heteroatoms. The molecule has 176 valence electrons. The van der Waals surface area contributed by atoms with Crippen molar-refractivity contribution >= 4 is 35.8 Å². The molecule has 7 nitrogen and oxygen atoms in total. The van der Waals surface area contributed by atoms with Crippen LogP contribution in [0.3, 0.4) is 0 Å². The monoisotopic (exact) mass is 561 g/mol. The average Bonchev–Trinajstić information content (AvgIpc) is 2.75. The molecule has 0 saturated carbocycles. The van der Waals surface area contributed by atoms with Crippen molar-refractivity contribution in [3.8, 4) is 5.75 Å². The van der Waals surface area contributed by atoms with Crippen molar-refractivity contribution in [2.24, 2.45) is 4.99 Å². The summed E-state index contributed by atoms with van der Waals surface area (Å²) >= 11 is 0. The first-order chi connectivity index (χ1) is 14.9. The second kappa shape index (κ2) is 12.7. The predicted molar refractivity (Wildman–Crippen MR) is 132 cm³/mol. The van der Waals surface area contributed by atoms with Gasteiger partial charge < -0.3 is 25.0 Å². The van der Waals surface area contributed by atoms with Gasteiger partial charge in [-0.3, -0.25) is 4.99 Å². The molecule has 2 heterocycles. The molecule has 1 atom stereocenters. The predicted octanol–water partition coefficient (Wildman–Crippen LogP) is 3.70. The number of halogens is 3. The smallest absolute Gasteiger partial charge is 0.387 e.